The van der Waals surface area contributed by atoms with Gasteiger partial charge in [-0.05, 0) is 39.5 Å². The zero-order valence-electron chi connectivity index (χ0n) is 14.7. The first kappa shape index (κ1) is 17.6. The molecule has 2 aliphatic rings. The van der Waals surface area contributed by atoms with E-state index in [1.54, 1.807) is 13.8 Å². The summed E-state index contributed by atoms with van der Waals surface area (Å²) >= 11 is 0. The summed E-state index contributed by atoms with van der Waals surface area (Å²) in [4.78, 5) is 37.2. The van der Waals surface area contributed by atoms with Gasteiger partial charge in [0, 0.05) is 31.3 Å². The number of amides is 1. The molecule has 8 nitrogen and oxygen atoms in total. The fraction of sp³-hybridized carbons (Fsp3) is 0.706. The molecule has 0 aromatic carbocycles. The molecule has 0 spiro atoms. The number of nitrogens with zero attached hydrogens (tertiary/aromatic N) is 4. The Kier molecular flexibility index (Phi) is 4.87. The summed E-state index contributed by atoms with van der Waals surface area (Å²) < 4.78 is 1.54. The quantitative estimate of drug-likeness (QED) is 0.600. The smallest absolute Gasteiger partial charge is 0.312 e. The van der Waals surface area contributed by atoms with Crippen molar-refractivity contribution >= 4 is 17.4 Å². The molecular formula is C17H24N4O4. The summed E-state index contributed by atoms with van der Waals surface area (Å²) in [5.74, 6) is 0.303. The molecule has 2 fully saturated rings. The molecule has 1 aliphatic heterocycles. The molecule has 1 amide bonds. The fourth-order valence-electron chi connectivity index (χ4n) is 4.28. The third kappa shape index (κ3) is 3.29. The van der Waals surface area contributed by atoms with Gasteiger partial charge < -0.3 is 4.90 Å². The summed E-state index contributed by atoms with van der Waals surface area (Å²) in [5, 5.41) is 15.3. The lowest BCUT2D eigenvalue weighted by atomic mass is 9.95. The van der Waals surface area contributed by atoms with Gasteiger partial charge in [0.05, 0.1) is 11.5 Å². The Morgan fingerprint density at radius 3 is 2.68 bits per heavy atom. The number of nitro groups is 1. The van der Waals surface area contributed by atoms with Crippen LogP contribution < -0.4 is 0 Å². The van der Waals surface area contributed by atoms with Crippen molar-refractivity contribution in [1.82, 2.24) is 14.7 Å². The Hall–Kier alpha value is -2.25. The highest BCUT2D eigenvalue weighted by Crippen LogP contribution is 2.33. The zero-order valence-corrected chi connectivity index (χ0v) is 14.7. The Balaban J connectivity index is 1.65. The summed E-state index contributed by atoms with van der Waals surface area (Å²) in [6.07, 6.45) is 4.53. The number of aryl methyl sites for hydroxylation is 2. The molecule has 1 aromatic heterocycles. The summed E-state index contributed by atoms with van der Waals surface area (Å²) in [5.41, 5.74) is 0.854. The number of carbonyl (C=O) groups is 2. The first-order valence-corrected chi connectivity index (χ1v) is 8.90. The summed E-state index contributed by atoms with van der Waals surface area (Å²) in [6, 6.07) is 0.0392. The van der Waals surface area contributed by atoms with E-state index in [0.717, 1.165) is 25.7 Å². The van der Waals surface area contributed by atoms with E-state index in [0.29, 0.717) is 36.7 Å². The lowest BCUT2D eigenvalue weighted by Gasteiger charge is -2.28. The second-order valence-corrected chi connectivity index (χ2v) is 7.01. The van der Waals surface area contributed by atoms with E-state index in [4.69, 9.17) is 0 Å². The summed E-state index contributed by atoms with van der Waals surface area (Å²) in [7, 11) is 0. The van der Waals surface area contributed by atoms with Crippen LogP contribution >= 0.6 is 0 Å². The minimum absolute atomic E-state index is 0.00113. The van der Waals surface area contributed by atoms with Gasteiger partial charge >= 0.3 is 5.69 Å². The van der Waals surface area contributed by atoms with E-state index in [1.807, 2.05) is 4.90 Å². The Morgan fingerprint density at radius 1 is 1.32 bits per heavy atom. The number of aromatic nitrogens is 2. The number of likely N-dealkylation sites (tertiary alicyclic amines) is 1. The van der Waals surface area contributed by atoms with Gasteiger partial charge in [-0.15, -0.1) is 0 Å². The Labute approximate surface area is 146 Å². The zero-order chi connectivity index (χ0) is 18.1. The number of rotatable bonds is 5. The highest BCUT2D eigenvalue weighted by atomic mass is 16.6. The predicted octanol–water partition coefficient (Wildman–Crippen LogP) is 2.16. The standard InChI is InChI=1S/C17H24N4O4/c1-11-17(21(24)25)12(2)20(18-11)10-8-16(23)19-9-4-6-14(19)13-5-3-7-15(13)22/h13-14H,3-10H2,1-2H3. The van der Waals surface area contributed by atoms with Crippen LogP contribution in [0.1, 0.15) is 49.9 Å². The van der Waals surface area contributed by atoms with Crippen LogP contribution in [0.25, 0.3) is 0 Å². The van der Waals surface area contributed by atoms with Crippen molar-refractivity contribution in [1.29, 1.82) is 0 Å². The van der Waals surface area contributed by atoms with Crippen LogP contribution in [-0.4, -0.2) is 43.9 Å². The van der Waals surface area contributed by atoms with Crippen molar-refractivity contribution in [3.8, 4) is 0 Å². The van der Waals surface area contributed by atoms with Gasteiger partial charge in [0.15, 0.2) is 0 Å². The van der Waals surface area contributed by atoms with Crippen molar-refractivity contribution in [2.75, 3.05) is 6.54 Å². The van der Waals surface area contributed by atoms with Gasteiger partial charge in [0.1, 0.15) is 17.2 Å². The molecule has 2 heterocycles. The van der Waals surface area contributed by atoms with Crippen LogP contribution in [-0.2, 0) is 16.1 Å². The van der Waals surface area contributed by atoms with Crippen LogP contribution in [0, 0.1) is 29.9 Å². The van der Waals surface area contributed by atoms with Crippen LogP contribution in [0.4, 0.5) is 5.69 Å². The van der Waals surface area contributed by atoms with Crippen molar-refractivity contribution in [3.05, 3.63) is 21.5 Å². The third-order valence-electron chi connectivity index (χ3n) is 5.50. The van der Waals surface area contributed by atoms with Crippen LogP contribution in [0.2, 0.25) is 0 Å². The molecule has 25 heavy (non-hydrogen) atoms. The molecule has 0 radical (unpaired) electrons. The van der Waals surface area contributed by atoms with E-state index in [-0.39, 0.29) is 30.0 Å². The first-order valence-electron chi connectivity index (χ1n) is 8.90. The maximum absolute atomic E-state index is 12.7. The number of carbonyl (C=O) groups excluding carboxylic acids is 2. The lowest BCUT2D eigenvalue weighted by Crippen LogP contribution is -2.41. The monoisotopic (exact) mass is 348 g/mol. The highest BCUT2D eigenvalue weighted by molar-refractivity contribution is 5.85. The van der Waals surface area contributed by atoms with E-state index in [9.17, 15) is 19.7 Å². The van der Waals surface area contributed by atoms with Gasteiger partial charge in [-0.3, -0.25) is 24.4 Å². The lowest BCUT2D eigenvalue weighted by molar-refractivity contribution is -0.386. The first-order chi connectivity index (χ1) is 11.9. The van der Waals surface area contributed by atoms with Crippen LogP contribution in [0.5, 0.6) is 0 Å². The SMILES string of the molecule is Cc1nn(CCC(=O)N2CCCC2C2CCCC2=O)c(C)c1[N+](=O)[O-]. The predicted molar refractivity (Wildman–Crippen MR) is 90.1 cm³/mol. The number of Topliss-reactive ketones (excluding diaryl/α,β-unsaturated/α-hetero) is 1. The molecule has 136 valence electrons. The molecule has 2 atom stereocenters. The molecule has 2 unspecified atom stereocenters. The molecule has 1 saturated carbocycles. The Morgan fingerprint density at radius 2 is 2.08 bits per heavy atom. The Bertz CT molecular complexity index is 712. The van der Waals surface area contributed by atoms with E-state index in [2.05, 4.69) is 5.10 Å². The molecule has 0 bridgehead atoms. The topological polar surface area (TPSA) is 98.3 Å². The molecule has 1 aromatic rings. The molecule has 0 N–H and O–H groups in total. The number of hydrogen-bond acceptors (Lipinski definition) is 5. The van der Waals surface area contributed by atoms with Crippen LogP contribution in [0.15, 0.2) is 0 Å². The average Bonchev–Trinajstić information content (AvgIpc) is 3.24. The molecule has 1 saturated heterocycles. The minimum Gasteiger partial charge on any atom is -0.339 e. The maximum atomic E-state index is 12.7. The van der Waals surface area contributed by atoms with Crippen molar-refractivity contribution in [3.63, 3.8) is 0 Å². The van der Waals surface area contributed by atoms with Gasteiger partial charge in [-0.2, -0.15) is 5.10 Å². The van der Waals surface area contributed by atoms with Gasteiger partial charge in [0.2, 0.25) is 5.91 Å². The molecule has 8 heteroatoms. The minimum atomic E-state index is -0.432. The summed E-state index contributed by atoms with van der Waals surface area (Å²) in [6.45, 7) is 4.27. The molecule has 1 aliphatic carbocycles. The highest BCUT2D eigenvalue weighted by Gasteiger charge is 2.39. The molecule has 3 rings (SSSR count). The van der Waals surface area contributed by atoms with Crippen molar-refractivity contribution < 1.29 is 14.5 Å². The maximum Gasteiger partial charge on any atom is 0.312 e. The molecular weight excluding hydrogens is 324 g/mol. The fourth-order valence-corrected chi connectivity index (χ4v) is 4.28. The van der Waals surface area contributed by atoms with Gasteiger partial charge in [-0.25, -0.2) is 0 Å². The van der Waals surface area contributed by atoms with Crippen molar-refractivity contribution in [2.24, 2.45) is 5.92 Å². The largest absolute Gasteiger partial charge is 0.339 e. The van der Waals surface area contributed by atoms with E-state index >= 15 is 0 Å². The normalized spacial score (nSPS) is 23.4. The second kappa shape index (κ2) is 6.93. The van der Waals surface area contributed by atoms with E-state index < -0.39 is 4.92 Å². The third-order valence-corrected chi connectivity index (χ3v) is 5.50. The van der Waals surface area contributed by atoms with Crippen LogP contribution in [0.3, 0.4) is 0 Å². The van der Waals surface area contributed by atoms with E-state index in [1.165, 1.54) is 4.68 Å². The van der Waals surface area contributed by atoms with Gasteiger partial charge in [-0.1, -0.05) is 0 Å². The number of hydrogen-bond donors (Lipinski definition) is 0. The van der Waals surface area contributed by atoms with Crippen molar-refractivity contribution in [2.45, 2.75) is 65.0 Å². The number of ketones is 1. The average molecular weight is 348 g/mol. The van der Waals surface area contributed by atoms with Gasteiger partial charge in [0.25, 0.3) is 0 Å². The second-order valence-electron chi connectivity index (χ2n) is 7.01.